The zero-order valence-electron chi connectivity index (χ0n) is 10.5. The SMILES string of the molecule is Oc1c(CN2CCNCC2)cc2c(c1Br)CCC2. The molecule has 2 N–H and O–H groups in total. The van der Waals surface area contributed by atoms with E-state index in [0.717, 1.165) is 55.6 Å². The molecule has 18 heavy (non-hydrogen) atoms. The number of nitrogens with one attached hydrogen (secondary N) is 1. The Balaban J connectivity index is 1.85. The molecule has 0 aromatic heterocycles. The molecule has 0 amide bonds. The molecule has 1 saturated heterocycles. The Bertz CT molecular complexity index is 456. The van der Waals surface area contributed by atoms with Crippen molar-refractivity contribution < 1.29 is 5.11 Å². The van der Waals surface area contributed by atoms with Gasteiger partial charge in [0.05, 0.1) is 4.47 Å². The van der Waals surface area contributed by atoms with E-state index >= 15 is 0 Å². The van der Waals surface area contributed by atoms with Crippen LogP contribution in [0.5, 0.6) is 5.75 Å². The highest BCUT2D eigenvalue weighted by molar-refractivity contribution is 9.10. The summed E-state index contributed by atoms with van der Waals surface area (Å²) in [6, 6.07) is 2.21. The summed E-state index contributed by atoms with van der Waals surface area (Å²) in [6.07, 6.45) is 3.46. The second-order valence-corrected chi connectivity index (χ2v) is 6.01. The van der Waals surface area contributed by atoms with Crippen LogP contribution < -0.4 is 5.32 Å². The average molecular weight is 311 g/mol. The summed E-state index contributed by atoms with van der Waals surface area (Å²) in [4.78, 5) is 2.40. The van der Waals surface area contributed by atoms with Crippen molar-refractivity contribution in [3.63, 3.8) is 0 Å². The number of aromatic hydroxyl groups is 1. The van der Waals surface area contributed by atoms with Crippen molar-refractivity contribution in [1.29, 1.82) is 0 Å². The van der Waals surface area contributed by atoms with Crippen molar-refractivity contribution in [1.82, 2.24) is 10.2 Å². The van der Waals surface area contributed by atoms with Crippen molar-refractivity contribution in [3.8, 4) is 5.75 Å². The lowest BCUT2D eigenvalue weighted by Gasteiger charge is -2.27. The number of phenolic OH excluding ortho intramolecular Hbond substituents is 1. The number of rotatable bonds is 2. The number of halogens is 1. The number of nitrogens with zero attached hydrogens (tertiary/aromatic N) is 1. The molecule has 1 heterocycles. The first kappa shape index (κ1) is 12.5. The molecular weight excluding hydrogens is 292 g/mol. The van der Waals surface area contributed by atoms with Crippen LogP contribution >= 0.6 is 15.9 Å². The lowest BCUT2D eigenvalue weighted by atomic mass is 10.0. The number of hydrogen-bond acceptors (Lipinski definition) is 3. The van der Waals surface area contributed by atoms with Crippen molar-refractivity contribution in [2.24, 2.45) is 0 Å². The van der Waals surface area contributed by atoms with E-state index in [9.17, 15) is 5.11 Å². The molecule has 4 heteroatoms. The molecule has 98 valence electrons. The number of fused-ring (bicyclic) bond motifs is 1. The van der Waals surface area contributed by atoms with E-state index in [4.69, 9.17) is 0 Å². The highest BCUT2D eigenvalue weighted by Gasteiger charge is 2.21. The first-order valence-corrected chi connectivity index (χ1v) is 7.50. The topological polar surface area (TPSA) is 35.5 Å². The van der Waals surface area contributed by atoms with Gasteiger partial charge in [-0.1, -0.05) is 6.07 Å². The maximum atomic E-state index is 10.3. The quantitative estimate of drug-likeness (QED) is 0.877. The van der Waals surface area contributed by atoms with Gasteiger partial charge in [0.1, 0.15) is 5.75 Å². The highest BCUT2D eigenvalue weighted by atomic mass is 79.9. The fraction of sp³-hybridized carbons (Fsp3) is 0.571. The maximum Gasteiger partial charge on any atom is 0.134 e. The van der Waals surface area contributed by atoms with Crippen LogP contribution in [0.2, 0.25) is 0 Å². The summed E-state index contributed by atoms with van der Waals surface area (Å²) in [6.45, 7) is 5.08. The van der Waals surface area contributed by atoms with E-state index in [1.54, 1.807) is 0 Å². The van der Waals surface area contributed by atoms with Crippen LogP contribution in [0.1, 0.15) is 23.1 Å². The van der Waals surface area contributed by atoms with Crippen molar-refractivity contribution in [2.45, 2.75) is 25.8 Å². The van der Waals surface area contributed by atoms with Crippen LogP contribution in [0.3, 0.4) is 0 Å². The van der Waals surface area contributed by atoms with Crippen LogP contribution in [-0.2, 0) is 19.4 Å². The fourth-order valence-electron chi connectivity index (χ4n) is 2.97. The van der Waals surface area contributed by atoms with Gasteiger partial charge in [-0.05, 0) is 46.3 Å². The van der Waals surface area contributed by atoms with Gasteiger partial charge >= 0.3 is 0 Å². The first-order valence-electron chi connectivity index (χ1n) is 6.71. The van der Waals surface area contributed by atoms with E-state index < -0.39 is 0 Å². The van der Waals surface area contributed by atoms with E-state index in [0.29, 0.717) is 5.75 Å². The molecule has 0 spiro atoms. The Morgan fingerprint density at radius 1 is 1.28 bits per heavy atom. The van der Waals surface area contributed by atoms with Gasteiger partial charge in [-0.25, -0.2) is 0 Å². The number of phenols is 1. The zero-order valence-corrected chi connectivity index (χ0v) is 12.1. The Morgan fingerprint density at radius 2 is 2.06 bits per heavy atom. The van der Waals surface area contributed by atoms with Gasteiger partial charge < -0.3 is 10.4 Å². The van der Waals surface area contributed by atoms with Crippen LogP contribution in [0, 0.1) is 0 Å². The van der Waals surface area contributed by atoms with Crippen LogP contribution in [-0.4, -0.2) is 36.2 Å². The molecule has 0 saturated carbocycles. The van der Waals surface area contributed by atoms with Crippen LogP contribution in [0.4, 0.5) is 0 Å². The molecule has 1 aliphatic heterocycles. The fourth-order valence-corrected chi connectivity index (χ4v) is 3.68. The lowest BCUT2D eigenvalue weighted by Crippen LogP contribution is -2.42. The lowest BCUT2D eigenvalue weighted by molar-refractivity contribution is 0.230. The minimum absolute atomic E-state index is 0.453. The Kier molecular flexibility index (Phi) is 3.59. The zero-order chi connectivity index (χ0) is 12.5. The molecule has 0 atom stereocenters. The second kappa shape index (κ2) is 5.19. The predicted octanol–water partition coefficient (Wildman–Crippen LogP) is 2.05. The van der Waals surface area contributed by atoms with E-state index in [2.05, 4.69) is 32.2 Å². The van der Waals surface area contributed by atoms with Gasteiger partial charge in [-0.3, -0.25) is 4.90 Å². The van der Waals surface area contributed by atoms with E-state index in [1.807, 2.05) is 0 Å². The van der Waals surface area contributed by atoms with Crippen LogP contribution in [0.15, 0.2) is 10.5 Å². The van der Waals surface area contributed by atoms with Gasteiger partial charge in [0.25, 0.3) is 0 Å². The standard InChI is InChI=1S/C14H19BrN2O/c15-13-12-3-1-2-10(12)8-11(14(13)18)9-17-6-4-16-5-7-17/h8,16,18H,1-7,9H2. The summed E-state index contributed by atoms with van der Waals surface area (Å²) < 4.78 is 0.933. The van der Waals surface area contributed by atoms with Crippen molar-refractivity contribution in [2.75, 3.05) is 26.2 Å². The first-order chi connectivity index (χ1) is 8.75. The molecule has 1 aromatic rings. The molecule has 3 nitrogen and oxygen atoms in total. The summed E-state index contributed by atoms with van der Waals surface area (Å²) in [5.74, 6) is 0.453. The number of hydrogen-bond donors (Lipinski definition) is 2. The van der Waals surface area contributed by atoms with Crippen LogP contribution in [0.25, 0.3) is 0 Å². The van der Waals surface area contributed by atoms with Gasteiger partial charge in [-0.2, -0.15) is 0 Å². The molecule has 0 radical (unpaired) electrons. The third-order valence-electron chi connectivity index (χ3n) is 3.99. The largest absolute Gasteiger partial charge is 0.506 e. The Morgan fingerprint density at radius 3 is 2.83 bits per heavy atom. The third kappa shape index (κ3) is 2.29. The molecular formula is C14H19BrN2O. The molecule has 0 bridgehead atoms. The van der Waals surface area contributed by atoms with Gasteiger partial charge in [0, 0.05) is 38.3 Å². The third-order valence-corrected chi connectivity index (χ3v) is 4.84. The summed E-state index contributed by atoms with van der Waals surface area (Å²) in [7, 11) is 0. The summed E-state index contributed by atoms with van der Waals surface area (Å²) >= 11 is 3.57. The highest BCUT2D eigenvalue weighted by Crippen LogP contribution is 2.38. The smallest absolute Gasteiger partial charge is 0.134 e. The summed E-state index contributed by atoms with van der Waals surface area (Å²) in [5, 5.41) is 13.7. The molecule has 1 aromatic carbocycles. The predicted molar refractivity (Wildman–Crippen MR) is 76.0 cm³/mol. The number of aryl methyl sites for hydroxylation is 1. The normalized spacial score (nSPS) is 20.1. The van der Waals surface area contributed by atoms with Gasteiger partial charge in [-0.15, -0.1) is 0 Å². The number of piperazine rings is 1. The molecule has 2 aliphatic rings. The minimum atomic E-state index is 0.453. The molecule has 1 aliphatic carbocycles. The minimum Gasteiger partial charge on any atom is -0.506 e. The summed E-state index contributed by atoms with van der Waals surface area (Å²) in [5.41, 5.74) is 3.81. The molecule has 1 fully saturated rings. The van der Waals surface area contributed by atoms with Crippen molar-refractivity contribution in [3.05, 3.63) is 27.2 Å². The average Bonchev–Trinajstić information content (AvgIpc) is 2.85. The van der Waals surface area contributed by atoms with Crippen molar-refractivity contribution >= 4 is 15.9 Å². The van der Waals surface area contributed by atoms with E-state index in [1.165, 1.54) is 17.5 Å². The molecule has 0 unspecified atom stereocenters. The van der Waals surface area contributed by atoms with Gasteiger partial charge in [0.2, 0.25) is 0 Å². The maximum absolute atomic E-state index is 10.3. The monoisotopic (exact) mass is 310 g/mol. The second-order valence-electron chi connectivity index (χ2n) is 5.22. The number of benzene rings is 1. The molecule has 3 rings (SSSR count). The Hall–Kier alpha value is -0.580. The van der Waals surface area contributed by atoms with Gasteiger partial charge in [0.15, 0.2) is 0 Å². The Labute approximate surface area is 116 Å². The van der Waals surface area contributed by atoms with E-state index in [-0.39, 0.29) is 0 Å².